The number of nitrogens with two attached hydrogens (primary N) is 1. The number of carboxylic acids is 1. The summed E-state index contributed by atoms with van der Waals surface area (Å²) in [4.78, 5) is 25.9. The smallest absolute Gasteiger partial charge is 0.341 e. The monoisotopic (exact) mass is 377 g/mol. The molecule has 4 rings (SSSR count). The molecule has 0 spiro atoms. The van der Waals surface area contributed by atoms with Gasteiger partial charge in [-0.25, -0.2) is 9.18 Å². The second-order valence-corrected chi connectivity index (χ2v) is 7.04. The highest BCUT2D eigenvalue weighted by molar-refractivity contribution is 6.03. The van der Waals surface area contributed by atoms with Gasteiger partial charge in [-0.15, -0.1) is 0 Å². The van der Waals surface area contributed by atoms with E-state index in [-0.39, 0.29) is 29.4 Å². The van der Waals surface area contributed by atoms with Gasteiger partial charge in [0, 0.05) is 25.3 Å². The first kappa shape index (κ1) is 17.6. The molecule has 27 heavy (non-hydrogen) atoms. The molecule has 1 atom stereocenters. The minimum absolute atomic E-state index is 0.00183. The van der Waals surface area contributed by atoms with Gasteiger partial charge in [0.25, 0.3) is 0 Å². The van der Waals surface area contributed by atoms with Gasteiger partial charge in [0.15, 0.2) is 11.6 Å². The number of nitrogens with zero attached hydrogens (tertiary/aromatic N) is 2. The number of β-amino-alcohol motifs (C(OH)–C–C–N with tert-alkyl or cyclic N) is 1. The molecule has 1 saturated heterocycles. The van der Waals surface area contributed by atoms with Crippen molar-refractivity contribution >= 4 is 28.2 Å². The lowest BCUT2D eigenvalue weighted by Crippen LogP contribution is -2.26. The van der Waals surface area contributed by atoms with Crippen LogP contribution in [0.15, 0.2) is 11.0 Å². The summed E-state index contributed by atoms with van der Waals surface area (Å²) < 4.78 is 22.3. The fourth-order valence-electron chi connectivity index (χ4n) is 3.78. The number of ether oxygens (including phenoxy) is 1. The summed E-state index contributed by atoms with van der Waals surface area (Å²) in [6.07, 6.45) is 2.80. The largest absolute Gasteiger partial charge is 0.492 e. The molecular weight excluding hydrogens is 357 g/mol. The first-order valence-corrected chi connectivity index (χ1v) is 8.75. The Bertz CT molecular complexity index is 1010. The van der Waals surface area contributed by atoms with Crippen LogP contribution in [0.25, 0.3) is 10.9 Å². The Morgan fingerprint density at radius 2 is 2.07 bits per heavy atom. The van der Waals surface area contributed by atoms with Crippen molar-refractivity contribution in [1.82, 2.24) is 4.57 Å². The number of fused-ring (bicyclic) bond motifs is 1. The van der Waals surface area contributed by atoms with Crippen LogP contribution in [0, 0.1) is 5.82 Å². The van der Waals surface area contributed by atoms with Crippen molar-refractivity contribution < 1.29 is 24.1 Å². The Balaban J connectivity index is 2.13. The van der Waals surface area contributed by atoms with E-state index in [0.29, 0.717) is 18.5 Å². The molecule has 2 aromatic rings. The third kappa shape index (κ3) is 2.61. The van der Waals surface area contributed by atoms with Crippen molar-refractivity contribution in [2.45, 2.75) is 31.4 Å². The van der Waals surface area contributed by atoms with Gasteiger partial charge in [-0.05, 0) is 19.3 Å². The number of nitrogen functional groups attached to an aromatic ring is 1. The summed E-state index contributed by atoms with van der Waals surface area (Å²) in [5.41, 5.74) is 4.68. The highest BCUT2D eigenvalue weighted by atomic mass is 19.1. The minimum atomic E-state index is -1.39. The number of hydrogen-bond donors (Lipinski definition) is 3. The molecule has 1 aromatic carbocycles. The first-order valence-electron chi connectivity index (χ1n) is 8.75. The number of aliphatic hydroxyl groups excluding tert-OH is 1. The maximum atomic E-state index is 15.2. The molecule has 1 aromatic heterocycles. The number of halogens is 1. The number of anilines is 2. The van der Waals surface area contributed by atoms with Crippen molar-refractivity contribution in [2.24, 2.45) is 0 Å². The Morgan fingerprint density at radius 1 is 1.37 bits per heavy atom. The fraction of sp³-hybridized carbons (Fsp3) is 0.444. The van der Waals surface area contributed by atoms with Crippen molar-refractivity contribution in [3.63, 3.8) is 0 Å². The molecule has 2 aliphatic rings. The Hall–Kier alpha value is -2.81. The zero-order valence-corrected chi connectivity index (χ0v) is 14.7. The lowest BCUT2D eigenvalue weighted by Gasteiger charge is -2.25. The Labute approximate surface area is 153 Å². The molecule has 1 saturated carbocycles. The van der Waals surface area contributed by atoms with E-state index in [9.17, 15) is 19.8 Å². The second kappa shape index (κ2) is 6.12. The van der Waals surface area contributed by atoms with Crippen LogP contribution in [0.1, 0.15) is 35.7 Å². The zero-order chi connectivity index (χ0) is 19.5. The molecule has 9 heteroatoms. The highest BCUT2D eigenvalue weighted by Crippen LogP contribution is 2.46. The van der Waals surface area contributed by atoms with E-state index in [1.165, 1.54) is 13.3 Å². The number of aromatic carboxylic acids is 1. The summed E-state index contributed by atoms with van der Waals surface area (Å²) in [5.74, 6) is -2.09. The molecule has 0 bridgehead atoms. The predicted molar refractivity (Wildman–Crippen MR) is 97.2 cm³/mol. The quantitative estimate of drug-likeness (QED) is 0.688. The van der Waals surface area contributed by atoms with Crippen LogP contribution in [0.5, 0.6) is 5.75 Å². The van der Waals surface area contributed by atoms with Crippen LogP contribution in [0.3, 0.4) is 0 Å². The van der Waals surface area contributed by atoms with Crippen molar-refractivity contribution in [1.29, 1.82) is 0 Å². The van der Waals surface area contributed by atoms with Gasteiger partial charge in [0.05, 0.1) is 29.8 Å². The van der Waals surface area contributed by atoms with Crippen molar-refractivity contribution in [2.75, 3.05) is 30.8 Å². The second-order valence-electron chi connectivity index (χ2n) is 7.04. The molecule has 2 heterocycles. The van der Waals surface area contributed by atoms with E-state index < -0.39 is 34.6 Å². The van der Waals surface area contributed by atoms with Crippen LogP contribution < -0.4 is 20.8 Å². The normalized spacial score (nSPS) is 19.7. The van der Waals surface area contributed by atoms with Gasteiger partial charge in [0.2, 0.25) is 5.43 Å². The first-order chi connectivity index (χ1) is 12.8. The van der Waals surface area contributed by atoms with E-state index in [2.05, 4.69) is 0 Å². The fourth-order valence-corrected chi connectivity index (χ4v) is 3.78. The van der Waals surface area contributed by atoms with E-state index in [0.717, 1.165) is 12.8 Å². The van der Waals surface area contributed by atoms with Crippen LogP contribution in [-0.2, 0) is 0 Å². The average Bonchev–Trinajstić information content (AvgIpc) is 3.38. The van der Waals surface area contributed by atoms with E-state index in [4.69, 9.17) is 10.5 Å². The maximum Gasteiger partial charge on any atom is 0.341 e. The van der Waals surface area contributed by atoms with Gasteiger partial charge in [0.1, 0.15) is 11.3 Å². The van der Waals surface area contributed by atoms with Crippen LogP contribution in [0.2, 0.25) is 0 Å². The summed E-state index contributed by atoms with van der Waals surface area (Å²) >= 11 is 0. The van der Waals surface area contributed by atoms with E-state index in [1.54, 1.807) is 9.47 Å². The maximum absolute atomic E-state index is 15.2. The third-order valence-electron chi connectivity index (χ3n) is 5.23. The van der Waals surface area contributed by atoms with Crippen LogP contribution in [-0.4, -0.2) is 47.1 Å². The lowest BCUT2D eigenvalue weighted by molar-refractivity contribution is 0.0695. The number of carboxylic acid groups (broad SMARTS) is 1. The molecule has 4 N–H and O–H groups in total. The summed E-state index contributed by atoms with van der Waals surface area (Å²) in [6, 6.07) is 0.00183. The Kier molecular flexibility index (Phi) is 3.99. The van der Waals surface area contributed by atoms with E-state index in [1.807, 2.05) is 0 Å². The molecule has 0 amide bonds. The van der Waals surface area contributed by atoms with Crippen LogP contribution in [0.4, 0.5) is 15.8 Å². The summed E-state index contributed by atoms with van der Waals surface area (Å²) in [5, 5.41) is 19.0. The number of benzene rings is 1. The molecule has 1 aliphatic carbocycles. The summed E-state index contributed by atoms with van der Waals surface area (Å²) in [7, 11) is 1.37. The number of pyridine rings is 1. The molecule has 1 aliphatic heterocycles. The number of aliphatic hydroxyl groups is 1. The number of carbonyl (C=O) groups is 1. The SMILES string of the molecule is COc1c(N2CCC(O)C2)c(F)c(N)c2c(=O)c(C(=O)O)cn(C3CC3)c12. The number of methoxy groups -OCH3 is 1. The van der Waals surface area contributed by atoms with Crippen molar-refractivity contribution in [3.05, 3.63) is 27.8 Å². The van der Waals surface area contributed by atoms with Gasteiger partial charge in [-0.1, -0.05) is 0 Å². The average molecular weight is 377 g/mol. The van der Waals surface area contributed by atoms with Gasteiger partial charge in [-0.2, -0.15) is 0 Å². The van der Waals surface area contributed by atoms with Gasteiger partial charge >= 0.3 is 5.97 Å². The highest BCUT2D eigenvalue weighted by Gasteiger charge is 2.34. The van der Waals surface area contributed by atoms with Crippen LogP contribution >= 0.6 is 0 Å². The molecule has 1 unspecified atom stereocenters. The molecule has 2 fully saturated rings. The topological polar surface area (TPSA) is 118 Å². The van der Waals surface area contributed by atoms with E-state index >= 15 is 4.39 Å². The number of rotatable bonds is 4. The molecule has 0 radical (unpaired) electrons. The minimum Gasteiger partial charge on any atom is -0.492 e. The van der Waals surface area contributed by atoms with Gasteiger partial charge in [-0.3, -0.25) is 4.79 Å². The zero-order valence-electron chi connectivity index (χ0n) is 14.7. The summed E-state index contributed by atoms with van der Waals surface area (Å²) in [6.45, 7) is 0.638. The molecular formula is C18H20FN3O5. The molecule has 144 valence electrons. The predicted octanol–water partition coefficient (Wildman–Crippen LogP) is 1.34. The third-order valence-corrected chi connectivity index (χ3v) is 5.23. The van der Waals surface area contributed by atoms with Gasteiger partial charge < -0.3 is 30.2 Å². The Morgan fingerprint density at radius 3 is 2.59 bits per heavy atom. The standard InChI is InChI=1S/C18H20FN3O5/c1-27-17-14-11(13(20)12(19)15(17)21-5-4-9(23)6-21)16(24)10(18(25)26)7-22(14)8-2-3-8/h7-9,23H,2-6,20H2,1H3,(H,25,26). The lowest BCUT2D eigenvalue weighted by atomic mass is 10.1. The number of hydrogen-bond acceptors (Lipinski definition) is 6. The number of aromatic nitrogens is 1. The molecule has 8 nitrogen and oxygen atoms in total. The van der Waals surface area contributed by atoms with Crippen molar-refractivity contribution in [3.8, 4) is 5.75 Å².